The molecule has 0 bridgehead atoms. The zero-order chi connectivity index (χ0) is 15.2. The standard InChI is InChI=1S/C16H24BrNOS/c1-4-5-6-9-16(2,3)11-18-15(19)13-10-12(20)7-8-14(13)17/h7-8,10,20H,4-6,9,11H2,1-3H3,(H,18,19). The maximum atomic E-state index is 12.2. The maximum Gasteiger partial charge on any atom is 0.252 e. The predicted octanol–water partition coefficient (Wildman–Crippen LogP) is 5.07. The molecule has 112 valence electrons. The number of unbranched alkanes of at least 4 members (excludes halogenated alkanes) is 2. The largest absolute Gasteiger partial charge is 0.351 e. The Kier molecular flexibility index (Phi) is 7.10. The van der Waals surface area contributed by atoms with Crippen LogP contribution in [0.3, 0.4) is 0 Å². The molecule has 4 heteroatoms. The van der Waals surface area contributed by atoms with Crippen LogP contribution in [0.2, 0.25) is 0 Å². The Hall–Kier alpha value is -0.480. The molecule has 0 unspecified atom stereocenters. The van der Waals surface area contributed by atoms with Gasteiger partial charge in [-0.15, -0.1) is 12.6 Å². The van der Waals surface area contributed by atoms with Gasteiger partial charge in [-0.1, -0.05) is 40.0 Å². The third-order valence-corrected chi connectivity index (χ3v) is 4.35. The van der Waals surface area contributed by atoms with Crippen molar-refractivity contribution in [1.29, 1.82) is 0 Å². The number of rotatable bonds is 7. The number of carbonyl (C=O) groups is 1. The number of thiol groups is 1. The molecule has 1 aromatic rings. The average Bonchev–Trinajstić information content (AvgIpc) is 2.39. The topological polar surface area (TPSA) is 29.1 Å². The summed E-state index contributed by atoms with van der Waals surface area (Å²) >= 11 is 7.69. The molecular formula is C16H24BrNOS. The number of benzene rings is 1. The Morgan fingerprint density at radius 2 is 2.05 bits per heavy atom. The second kappa shape index (κ2) is 8.08. The lowest BCUT2D eigenvalue weighted by molar-refractivity contribution is 0.0933. The Morgan fingerprint density at radius 3 is 2.70 bits per heavy atom. The molecule has 0 aliphatic rings. The van der Waals surface area contributed by atoms with Crippen molar-refractivity contribution in [2.24, 2.45) is 5.41 Å². The van der Waals surface area contributed by atoms with Crippen LogP contribution in [0, 0.1) is 5.41 Å². The van der Waals surface area contributed by atoms with Gasteiger partial charge in [0.05, 0.1) is 5.56 Å². The van der Waals surface area contributed by atoms with Gasteiger partial charge in [0.1, 0.15) is 0 Å². The number of hydrogen-bond donors (Lipinski definition) is 2. The lowest BCUT2D eigenvalue weighted by Crippen LogP contribution is -2.34. The van der Waals surface area contributed by atoms with Gasteiger partial charge in [-0.25, -0.2) is 0 Å². The van der Waals surface area contributed by atoms with E-state index in [1.54, 1.807) is 6.07 Å². The predicted molar refractivity (Wildman–Crippen MR) is 91.7 cm³/mol. The monoisotopic (exact) mass is 357 g/mol. The third-order valence-electron chi connectivity index (χ3n) is 3.38. The Balaban J connectivity index is 2.56. The van der Waals surface area contributed by atoms with Gasteiger partial charge in [-0.05, 0) is 46.0 Å². The van der Waals surface area contributed by atoms with E-state index < -0.39 is 0 Å². The quantitative estimate of drug-likeness (QED) is 0.517. The zero-order valence-electron chi connectivity index (χ0n) is 12.5. The fourth-order valence-corrected chi connectivity index (χ4v) is 2.67. The Bertz CT molecular complexity index is 460. The fraction of sp³-hybridized carbons (Fsp3) is 0.562. The van der Waals surface area contributed by atoms with Crippen LogP contribution in [0.4, 0.5) is 0 Å². The van der Waals surface area contributed by atoms with Crippen LogP contribution in [-0.4, -0.2) is 12.5 Å². The van der Waals surface area contributed by atoms with E-state index in [-0.39, 0.29) is 11.3 Å². The van der Waals surface area contributed by atoms with E-state index in [1.165, 1.54) is 19.3 Å². The van der Waals surface area contributed by atoms with Crippen molar-refractivity contribution < 1.29 is 4.79 Å². The highest BCUT2D eigenvalue weighted by Crippen LogP contribution is 2.24. The molecule has 0 saturated heterocycles. The van der Waals surface area contributed by atoms with Crippen molar-refractivity contribution in [3.05, 3.63) is 28.2 Å². The van der Waals surface area contributed by atoms with Gasteiger partial charge >= 0.3 is 0 Å². The second-order valence-corrected chi connectivity index (χ2v) is 7.34. The van der Waals surface area contributed by atoms with Gasteiger partial charge in [-0.2, -0.15) is 0 Å². The van der Waals surface area contributed by atoms with Crippen molar-refractivity contribution in [3.63, 3.8) is 0 Å². The SMILES string of the molecule is CCCCCC(C)(C)CNC(=O)c1cc(S)ccc1Br. The van der Waals surface area contributed by atoms with Crippen LogP contribution in [-0.2, 0) is 0 Å². The highest BCUT2D eigenvalue weighted by Gasteiger charge is 2.19. The molecule has 2 nitrogen and oxygen atoms in total. The van der Waals surface area contributed by atoms with Gasteiger partial charge in [0.15, 0.2) is 0 Å². The van der Waals surface area contributed by atoms with Crippen LogP contribution in [0.15, 0.2) is 27.6 Å². The molecule has 0 aliphatic heterocycles. The lowest BCUT2D eigenvalue weighted by Gasteiger charge is -2.25. The van der Waals surface area contributed by atoms with Crippen molar-refractivity contribution in [1.82, 2.24) is 5.32 Å². The van der Waals surface area contributed by atoms with Crippen molar-refractivity contribution in [2.45, 2.75) is 51.3 Å². The first-order valence-corrected chi connectivity index (χ1v) is 8.36. The van der Waals surface area contributed by atoms with Gasteiger partial charge in [0, 0.05) is 15.9 Å². The molecule has 0 radical (unpaired) electrons. The fourth-order valence-electron chi connectivity index (χ4n) is 2.04. The van der Waals surface area contributed by atoms with Gasteiger partial charge in [0.25, 0.3) is 5.91 Å². The van der Waals surface area contributed by atoms with Gasteiger partial charge < -0.3 is 5.32 Å². The molecular weight excluding hydrogens is 334 g/mol. The van der Waals surface area contributed by atoms with E-state index in [4.69, 9.17) is 0 Å². The van der Waals surface area contributed by atoms with Crippen molar-refractivity contribution in [2.75, 3.05) is 6.54 Å². The van der Waals surface area contributed by atoms with Crippen LogP contribution in [0.25, 0.3) is 0 Å². The summed E-state index contributed by atoms with van der Waals surface area (Å²) in [6.07, 6.45) is 4.83. The summed E-state index contributed by atoms with van der Waals surface area (Å²) in [7, 11) is 0. The normalized spacial score (nSPS) is 11.4. The molecule has 0 aliphatic carbocycles. The first-order valence-electron chi connectivity index (χ1n) is 7.12. The molecule has 0 fully saturated rings. The van der Waals surface area contributed by atoms with E-state index in [0.717, 1.165) is 15.8 Å². The number of hydrogen-bond acceptors (Lipinski definition) is 2. The number of nitrogens with one attached hydrogen (secondary N) is 1. The molecule has 1 rings (SSSR count). The van der Waals surface area contributed by atoms with Crippen LogP contribution >= 0.6 is 28.6 Å². The van der Waals surface area contributed by atoms with Crippen LogP contribution in [0.1, 0.15) is 56.8 Å². The highest BCUT2D eigenvalue weighted by atomic mass is 79.9. The molecule has 1 amide bonds. The zero-order valence-corrected chi connectivity index (χ0v) is 15.0. The summed E-state index contributed by atoms with van der Waals surface area (Å²) in [4.78, 5) is 13.0. The number of amides is 1. The molecule has 20 heavy (non-hydrogen) atoms. The number of halogens is 1. The highest BCUT2D eigenvalue weighted by molar-refractivity contribution is 9.10. The first-order chi connectivity index (χ1) is 9.35. The summed E-state index contributed by atoms with van der Waals surface area (Å²) in [6, 6.07) is 5.49. The average molecular weight is 358 g/mol. The molecule has 1 N–H and O–H groups in total. The smallest absolute Gasteiger partial charge is 0.252 e. The molecule has 0 heterocycles. The summed E-state index contributed by atoms with van der Waals surface area (Å²) in [5, 5.41) is 3.03. The van der Waals surface area contributed by atoms with Crippen molar-refractivity contribution in [3.8, 4) is 0 Å². The van der Waals surface area contributed by atoms with E-state index in [2.05, 4.69) is 54.6 Å². The van der Waals surface area contributed by atoms with Crippen molar-refractivity contribution >= 4 is 34.5 Å². The van der Waals surface area contributed by atoms with E-state index >= 15 is 0 Å². The number of carbonyl (C=O) groups excluding carboxylic acids is 1. The maximum absolute atomic E-state index is 12.2. The Labute approximate surface area is 136 Å². The minimum Gasteiger partial charge on any atom is -0.351 e. The summed E-state index contributed by atoms with van der Waals surface area (Å²) in [5.74, 6) is -0.0451. The lowest BCUT2D eigenvalue weighted by atomic mass is 9.87. The van der Waals surface area contributed by atoms with E-state index in [1.807, 2.05) is 12.1 Å². The summed E-state index contributed by atoms with van der Waals surface area (Å²) in [5.41, 5.74) is 0.775. The summed E-state index contributed by atoms with van der Waals surface area (Å²) < 4.78 is 0.802. The van der Waals surface area contributed by atoms with E-state index in [9.17, 15) is 4.79 Å². The van der Waals surface area contributed by atoms with Gasteiger partial charge in [0.2, 0.25) is 0 Å². The van der Waals surface area contributed by atoms with E-state index in [0.29, 0.717) is 12.1 Å². The molecule has 0 aromatic heterocycles. The molecule has 1 aromatic carbocycles. The summed E-state index contributed by atoms with van der Waals surface area (Å²) in [6.45, 7) is 7.30. The molecule has 0 spiro atoms. The van der Waals surface area contributed by atoms with Crippen LogP contribution < -0.4 is 5.32 Å². The third kappa shape index (κ3) is 5.88. The second-order valence-electron chi connectivity index (χ2n) is 5.97. The minimum atomic E-state index is -0.0451. The first kappa shape index (κ1) is 17.6. The molecule has 0 atom stereocenters. The molecule has 0 saturated carbocycles. The van der Waals surface area contributed by atoms with Crippen LogP contribution in [0.5, 0.6) is 0 Å². The Morgan fingerprint density at radius 1 is 1.35 bits per heavy atom. The van der Waals surface area contributed by atoms with Gasteiger partial charge in [-0.3, -0.25) is 4.79 Å². The minimum absolute atomic E-state index is 0.0451.